The normalized spacial score (nSPS) is 22.0. The first-order chi connectivity index (χ1) is 13.2. The minimum absolute atomic E-state index is 0.0174. The Morgan fingerprint density at radius 3 is 2.74 bits per heavy atom. The lowest BCUT2D eigenvalue weighted by Crippen LogP contribution is -2.50. The molecule has 2 aliphatic heterocycles. The fourth-order valence-electron chi connectivity index (χ4n) is 4.04. The summed E-state index contributed by atoms with van der Waals surface area (Å²) in [6, 6.07) is 13.7. The number of hydrogen-bond donors (Lipinski definition) is 1. The van der Waals surface area contributed by atoms with Gasteiger partial charge < -0.3 is 14.8 Å². The summed E-state index contributed by atoms with van der Waals surface area (Å²) in [4.78, 5) is 12.2. The van der Waals surface area contributed by atoms with Gasteiger partial charge in [0, 0.05) is 44.0 Å². The predicted molar refractivity (Wildman–Crippen MR) is 104 cm³/mol. The van der Waals surface area contributed by atoms with E-state index in [0.29, 0.717) is 12.6 Å². The third-order valence-corrected chi connectivity index (χ3v) is 5.59. The molecule has 2 fully saturated rings. The van der Waals surface area contributed by atoms with E-state index in [1.54, 1.807) is 16.8 Å². The standard InChI is InChI=1S/C21H27N3O3/c25-20-7-6-19(17-4-2-1-3-5-17)23-24(20)12-11-22-18-8-13-27-21(16-18)9-14-26-15-10-21/h1-7,18,22H,8-16H2/t18-/m1/s1. The molecule has 0 bridgehead atoms. The van der Waals surface area contributed by atoms with Crippen LogP contribution in [0.15, 0.2) is 47.3 Å². The molecule has 2 aliphatic rings. The van der Waals surface area contributed by atoms with Crippen LogP contribution in [0.4, 0.5) is 0 Å². The first kappa shape index (κ1) is 18.3. The summed E-state index contributed by atoms with van der Waals surface area (Å²) >= 11 is 0. The van der Waals surface area contributed by atoms with Crippen molar-refractivity contribution in [2.75, 3.05) is 26.4 Å². The molecule has 2 saturated heterocycles. The predicted octanol–water partition coefficient (Wildman–Crippen LogP) is 2.23. The zero-order valence-corrected chi connectivity index (χ0v) is 15.6. The van der Waals surface area contributed by atoms with Crippen LogP contribution >= 0.6 is 0 Å². The highest BCUT2D eigenvalue weighted by Gasteiger charge is 2.38. The number of ether oxygens (including phenoxy) is 2. The second kappa shape index (κ2) is 8.33. The Hall–Kier alpha value is -2.02. The minimum Gasteiger partial charge on any atom is -0.381 e. The Kier molecular flexibility index (Phi) is 5.66. The number of aromatic nitrogens is 2. The van der Waals surface area contributed by atoms with Crippen LogP contribution in [-0.2, 0) is 16.0 Å². The Bertz CT molecular complexity index is 794. The quantitative estimate of drug-likeness (QED) is 0.876. The fraction of sp³-hybridized carbons (Fsp3) is 0.524. The fourth-order valence-corrected chi connectivity index (χ4v) is 4.04. The monoisotopic (exact) mass is 369 g/mol. The molecule has 1 aromatic carbocycles. The van der Waals surface area contributed by atoms with Crippen LogP contribution in [0, 0.1) is 0 Å². The summed E-state index contributed by atoms with van der Waals surface area (Å²) in [6.07, 6.45) is 3.98. The third-order valence-electron chi connectivity index (χ3n) is 5.59. The Morgan fingerprint density at radius 1 is 1.11 bits per heavy atom. The average Bonchev–Trinajstić information content (AvgIpc) is 2.71. The molecular weight excluding hydrogens is 342 g/mol. The highest BCUT2D eigenvalue weighted by molar-refractivity contribution is 5.57. The van der Waals surface area contributed by atoms with Crippen molar-refractivity contribution < 1.29 is 9.47 Å². The van der Waals surface area contributed by atoms with Crippen molar-refractivity contribution in [3.05, 3.63) is 52.8 Å². The maximum absolute atomic E-state index is 12.2. The van der Waals surface area contributed by atoms with Gasteiger partial charge in [-0.05, 0) is 31.7 Å². The molecule has 144 valence electrons. The molecule has 0 amide bonds. The molecule has 1 N–H and O–H groups in total. The summed E-state index contributed by atoms with van der Waals surface area (Å²) in [5.74, 6) is 0. The van der Waals surface area contributed by atoms with Gasteiger partial charge in [0.25, 0.3) is 5.56 Å². The number of nitrogens with one attached hydrogen (secondary N) is 1. The Balaban J connectivity index is 1.35. The van der Waals surface area contributed by atoms with Crippen molar-refractivity contribution in [1.29, 1.82) is 0 Å². The van der Waals surface area contributed by atoms with Crippen LogP contribution in [0.25, 0.3) is 11.3 Å². The largest absolute Gasteiger partial charge is 0.381 e. The van der Waals surface area contributed by atoms with Gasteiger partial charge in [0.2, 0.25) is 0 Å². The summed E-state index contributed by atoms with van der Waals surface area (Å²) in [5, 5.41) is 8.14. The first-order valence-corrected chi connectivity index (χ1v) is 9.83. The molecule has 1 aromatic heterocycles. The van der Waals surface area contributed by atoms with E-state index in [9.17, 15) is 4.79 Å². The average molecular weight is 369 g/mol. The van der Waals surface area contributed by atoms with Crippen LogP contribution in [0.2, 0.25) is 0 Å². The number of nitrogens with zero attached hydrogens (tertiary/aromatic N) is 2. The lowest BCUT2D eigenvalue weighted by Gasteiger charge is -2.43. The molecular formula is C21H27N3O3. The number of benzene rings is 1. The van der Waals surface area contributed by atoms with Crippen molar-refractivity contribution in [2.24, 2.45) is 0 Å². The SMILES string of the molecule is O=c1ccc(-c2ccccc2)nn1CCN[C@@H]1CCOC2(CCOCC2)C1. The van der Waals surface area contributed by atoms with E-state index in [1.165, 1.54) is 0 Å². The Morgan fingerprint density at radius 2 is 1.93 bits per heavy atom. The maximum atomic E-state index is 12.2. The molecule has 1 atom stereocenters. The van der Waals surface area contributed by atoms with E-state index in [0.717, 1.165) is 63.3 Å². The summed E-state index contributed by atoms with van der Waals surface area (Å²) in [6.45, 7) is 3.66. The van der Waals surface area contributed by atoms with E-state index in [4.69, 9.17) is 9.47 Å². The van der Waals surface area contributed by atoms with Crippen LogP contribution in [0.1, 0.15) is 25.7 Å². The van der Waals surface area contributed by atoms with Gasteiger partial charge in [0.05, 0.1) is 17.8 Å². The topological polar surface area (TPSA) is 65.4 Å². The molecule has 3 heterocycles. The zero-order valence-electron chi connectivity index (χ0n) is 15.6. The van der Waals surface area contributed by atoms with Crippen molar-refractivity contribution in [3.8, 4) is 11.3 Å². The zero-order chi connectivity index (χ0) is 18.5. The van der Waals surface area contributed by atoms with Crippen LogP contribution in [-0.4, -0.2) is 47.8 Å². The van der Waals surface area contributed by atoms with Crippen LogP contribution in [0.5, 0.6) is 0 Å². The van der Waals surface area contributed by atoms with Crippen molar-refractivity contribution >= 4 is 0 Å². The van der Waals surface area contributed by atoms with Gasteiger partial charge in [-0.25, -0.2) is 4.68 Å². The van der Waals surface area contributed by atoms with Crippen LogP contribution in [0.3, 0.4) is 0 Å². The molecule has 0 radical (unpaired) electrons. The summed E-state index contributed by atoms with van der Waals surface area (Å²) in [7, 11) is 0. The molecule has 27 heavy (non-hydrogen) atoms. The van der Waals surface area contributed by atoms with Crippen molar-refractivity contribution in [1.82, 2.24) is 15.1 Å². The molecule has 6 heteroatoms. The second-order valence-electron chi connectivity index (χ2n) is 7.43. The molecule has 0 aliphatic carbocycles. The van der Waals surface area contributed by atoms with Gasteiger partial charge in [-0.1, -0.05) is 30.3 Å². The highest BCUT2D eigenvalue weighted by Crippen LogP contribution is 2.34. The van der Waals surface area contributed by atoms with E-state index in [-0.39, 0.29) is 11.2 Å². The van der Waals surface area contributed by atoms with E-state index in [1.807, 2.05) is 30.3 Å². The third kappa shape index (κ3) is 4.46. The van der Waals surface area contributed by atoms with Gasteiger partial charge >= 0.3 is 0 Å². The van der Waals surface area contributed by atoms with Crippen molar-refractivity contribution in [2.45, 2.75) is 43.9 Å². The maximum Gasteiger partial charge on any atom is 0.266 e. The summed E-state index contributed by atoms with van der Waals surface area (Å²) in [5.41, 5.74) is 1.76. The molecule has 6 nitrogen and oxygen atoms in total. The number of rotatable bonds is 5. The molecule has 0 saturated carbocycles. The molecule has 0 unspecified atom stereocenters. The summed E-state index contributed by atoms with van der Waals surface area (Å²) < 4.78 is 13.1. The molecule has 1 spiro atoms. The van der Waals surface area contributed by atoms with Crippen LogP contribution < -0.4 is 10.9 Å². The lowest BCUT2D eigenvalue weighted by atomic mass is 9.84. The van der Waals surface area contributed by atoms with Crippen molar-refractivity contribution in [3.63, 3.8) is 0 Å². The van der Waals surface area contributed by atoms with Gasteiger partial charge in [0.1, 0.15) is 0 Å². The van der Waals surface area contributed by atoms with Gasteiger partial charge in [-0.15, -0.1) is 0 Å². The van der Waals surface area contributed by atoms with E-state index < -0.39 is 0 Å². The Labute approximate surface area is 159 Å². The minimum atomic E-state index is -0.0654. The second-order valence-corrected chi connectivity index (χ2v) is 7.43. The number of hydrogen-bond acceptors (Lipinski definition) is 5. The smallest absolute Gasteiger partial charge is 0.266 e. The molecule has 4 rings (SSSR count). The first-order valence-electron chi connectivity index (χ1n) is 9.83. The van der Waals surface area contributed by atoms with E-state index in [2.05, 4.69) is 10.4 Å². The highest BCUT2D eigenvalue weighted by atomic mass is 16.5. The molecule has 2 aromatic rings. The van der Waals surface area contributed by atoms with Gasteiger partial charge in [-0.2, -0.15) is 5.10 Å². The van der Waals surface area contributed by atoms with Gasteiger partial charge in [-0.3, -0.25) is 4.79 Å². The lowest BCUT2D eigenvalue weighted by molar-refractivity contribution is -0.140. The van der Waals surface area contributed by atoms with E-state index >= 15 is 0 Å². The van der Waals surface area contributed by atoms with Gasteiger partial charge in [0.15, 0.2) is 0 Å².